The van der Waals surface area contributed by atoms with Gasteiger partial charge < -0.3 is 15.4 Å². The highest BCUT2D eigenvalue weighted by Gasteiger charge is 2.39. The highest BCUT2D eigenvalue weighted by molar-refractivity contribution is 7.89. The molecule has 1 amide bonds. The summed E-state index contributed by atoms with van der Waals surface area (Å²) in [4.78, 5) is 12.1. The fraction of sp³-hybridized carbons (Fsp3) is 0.524. The van der Waals surface area contributed by atoms with Crippen molar-refractivity contribution in [1.29, 1.82) is 0 Å². The van der Waals surface area contributed by atoms with Crippen LogP contribution in [0.4, 0.5) is 16.3 Å². The molecule has 4 N–H and O–H groups in total. The van der Waals surface area contributed by atoms with Crippen molar-refractivity contribution in [3.05, 3.63) is 35.5 Å². The second-order valence-electron chi connectivity index (χ2n) is 9.11. The predicted octanol–water partition coefficient (Wildman–Crippen LogP) is 3.45. The number of benzene rings is 1. The van der Waals surface area contributed by atoms with Gasteiger partial charge in [0.15, 0.2) is 5.82 Å². The van der Waals surface area contributed by atoms with Crippen molar-refractivity contribution in [1.82, 2.24) is 20.2 Å². The largest absolute Gasteiger partial charge is 0.446 e. The standard InChI is InChI=1S/C21H29N5O4S/c1-12(2)22-20(27)30-15-7-5-13(9-15)17-11-19(25-24-17)23-14-6-8-18-16(10-14)21(3,4)26-31(18,28)29/h6,8,10-13,15,26H,5,7,9H2,1-4H3,(H,22,27)(H2,23,24,25)/t13-,15+/m0/s1. The van der Waals surface area contributed by atoms with E-state index in [1.54, 1.807) is 12.1 Å². The van der Waals surface area contributed by atoms with Gasteiger partial charge in [-0.05, 0) is 70.7 Å². The molecule has 1 fully saturated rings. The van der Waals surface area contributed by atoms with E-state index in [1.165, 1.54) is 0 Å². The second kappa shape index (κ2) is 7.83. The molecule has 0 unspecified atom stereocenters. The van der Waals surface area contributed by atoms with E-state index < -0.39 is 15.6 Å². The Balaban J connectivity index is 1.41. The van der Waals surface area contributed by atoms with Crippen molar-refractivity contribution >= 4 is 27.6 Å². The van der Waals surface area contributed by atoms with E-state index in [-0.39, 0.29) is 24.2 Å². The first-order chi connectivity index (χ1) is 14.5. The molecule has 2 heterocycles. The Labute approximate surface area is 182 Å². The third-order valence-corrected chi connectivity index (χ3v) is 7.42. The average Bonchev–Trinajstić information content (AvgIpc) is 3.32. The van der Waals surface area contributed by atoms with Crippen LogP contribution in [-0.4, -0.2) is 36.9 Å². The first-order valence-electron chi connectivity index (χ1n) is 10.5. The molecule has 10 heteroatoms. The number of sulfonamides is 1. The van der Waals surface area contributed by atoms with Gasteiger partial charge in [-0.2, -0.15) is 5.10 Å². The van der Waals surface area contributed by atoms with Crippen molar-refractivity contribution in [3.63, 3.8) is 0 Å². The Bertz CT molecular complexity index is 1090. The fourth-order valence-electron chi connectivity index (χ4n) is 4.28. The van der Waals surface area contributed by atoms with E-state index in [4.69, 9.17) is 4.74 Å². The zero-order chi connectivity index (χ0) is 22.4. The van der Waals surface area contributed by atoms with Crippen LogP contribution in [0.1, 0.15) is 64.1 Å². The van der Waals surface area contributed by atoms with Gasteiger partial charge in [0, 0.05) is 29.4 Å². The summed E-state index contributed by atoms with van der Waals surface area (Å²) in [5.41, 5.74) is 1.82. The molecule has 2 aromatic rings. The molecule has 1 aromatic heterocycles. The minimum absolute atomic E-state index is 0.0478. The van der Waals surface area contributed by atoms with Crippen LogP contribution < -0.4 is 15.4 Å². The van der Waals surface area contributed by atoms with Crippen molar-refractivity contribution in [3.8, 4) is 0 Å². The molecule has 1 aliphatic heterocycles. The summed E-state index contributed by atoms with van der Waals surface area (Å²) in [6, 6.07) is 7.19. The number of H-pyrrole nitrogens is 1. The number of aromatic nitrogens is 2. The minimum atomic E-state index is -3.47. The molecule has 4 rings (SSSR count). The average molecular weight is 448 g/mol. The zero-order valence-corrected chi connectivity index (χ0v) is 19.0. The van der Waals surface area contributed by atoms with Crippen LogP contribution in [0, 0.1) is 0 Å². The molecule has 1 aromatic carbocycles. The van der Waals surface area contributed by atoms with Gasteiger partial charge in [0.25, 0.3) is 0 Å². The highest BCUT2D eigenvalue weighted by atomic mass is 32.2. The van der Waals surface area contributed by atoms with Gasteiger partial charge in [-0.15, -0.1) is 0 Å². The van der Waals surface area contributed by atoms with E-state index in [2.05, 4.69) is 25.6 Å². The van der Waals surface area contributed by atoms with E-state index in [0.717, 1.165) is 36.2 Å². The van der Waals surface area contributed by atoms with E-state index in [1.807, 2.05) is 39.8 Å². The Morgan fingerprint density at radius 1 is 1.26 bits per heavy atom. The summed E-state index contributed by atoms with van der Waals surface area (Å²) in [7, 11) is -3.47. The number of hydrogen-bond donors (Lipinski definition) is 4. The van der Waals surface area contributed by atoms with Crippen LogP contribution in [0.2, 0.25) is 0 Å². The normalized spacial score (nSPS) is 23.5. The van der Waals surface area contributed by atoms with Gasteiger partial charge in [-0.1, -0.05) is 0 Å². The number of fused-ring (bicyclic) bond motifs is 1. The number of nitrogens with one attached hydrogen (secondary N) is 4. The van der Waals surface area contributed by atoms with Gasteiger partial charge in [-0.25, -0.2) is 17.9 Å². The van der Waals surface area contributed by atoms with Crippen molar-refractivity contribution in [2.75, 3.05) is 5.32 Å². The highest BCUT2D eigenvalue weighted by Crippen LogP contribution is 2.38. The number of nitrogens with zero attached hydrogens (tertiary/aromatic N) is 1. The first kappa shape index (κ1) is 21.6. The molecule has 2 aliphatic rings. The quantitative estimate of drug-likeness (QED) is 0.556. The number of hydrogen-bond acceptors (Lipinski definition) is 6. The molecule has 2 atom stereocenters. The summed E-state index contributed by atoms with van der Waals surface area (Å²) in [5, 5.41) is 13.4. The fourth-order valence-corrected chi connectivity index (χ4v) is 6.03. The molecule has 31 heavy (non-hydrogen) atoms. The topological polar surface area (TPSA) is 125 Å². The maximum atomic E-state index is 12.3. The zero-order valence-electron chi connectivity index (χ0n) is 18.2. The molecule has 0 saturated heterocycles. The van der Waals surface area contributed by atoms with Crippen molar-refractivity contribution in [2.24, 2.45) is 0 Å². The number of alkyl carbamates (subject to hydrolysis) is 1. The number of carbonyl (C=O) groups excluding carboxylic acids is 1. The summed E-state index contributed by atoms with van der Waals surface area (Å²) in [6.45, 7) is 7.48. The number of anilines is 2. The lowest BCUT2D eigenvalue weighted by Gasteiger charge is -2.18. The number of amides is 1. The molecule has 9 nitrogen and oxygen atoms in total. The van der Waals surface area contributed by atoms with Crippen LogP contribution in [0.25, 0.3) is 0 Å². The predicted molar refractivity (Wildman–Crippen MR) is 117 cm³/mol. The van der Waals surface area contributed by atoms with Crippen LogP contribution in [0.3, 0.4) is 0 Å². The van der Waals surface area contributed by atoms with Crippen LogP contribution in [0.15, 0.2) is 29.2 Å². The molecular formula is C21H29N5O4S. The summed E-state index contributed by atoms with van der Waals surface area (Å²) in [5.74, 6) is 0.900. The van der Waals surface area contributed by atoms with Crippen LogP contribution in [-0.2, 0) is 20.3 Å². The maximum Gasteiger partial charge on any atom is 0.407 e. The van der Waals surface area contributed by atoms with Crippen molar-refractivity contribution in [2.45, 2.75) is 75.5 Å². The number of aromatic amines is 1. The first-order valence-corrected chi connectivity index (χ1v) is 12.0. The number of rotatable bonds is 5. The van der Waals surface area contributed by atoms with Gasteiger partial charge in [0.2, 0.25) is 10.0 Å². The Morgan fingerprint density at radius 3 is 2.77 bits per heavy atom. The summed E-state index contributed by atoms with van der Waals surface area (Å²) < 4.78 is 32.7. The lowest BCUT2D eigenvalue weighted by molar-refractivity contribution is 0.0981. The molecule has 0 radical (unpaired) electrons. The molecule has 0 bridgehead atoms. The molecule has 1 saturated carbocycles. The van der Waals surface area contributed by atoms with Gasteiger partial charge in [0.1, 0.15) is 6.10 Å². The van der Waals surface area contributed by atoms with Crippen molar-refractivity contribution < 1.29 is 17.9 Å². The second-order valence-corrected chi connectivity index (χ2v) is 10.8. The number of ether oxygens (including phenoxy) is 1. The van der Waals surface area contributed by atoms with Gasteiger partial charge in [-0.3, -0.25) is 5.10 Å². The third kappa shape index (κ3) is 4.54. The van der Waals surface area contributed by atoms with Gasteiger partial charge >= 0.3 is 6.09 Å². The SMILES string of the molecule is CC(C)NC(=O)O[C@@H]1CC[C@H](c2cc(Nc3ccc4c(c3)C(C)(C)NS4(=O)=O)n[nH]2)C1. The maximum absolute atomic E-state index is 12.3. The minimum Gasteiger partial charge on any atom is -0.446 e. The van der Waals surface area contributed by atoms with Crippen LogP contribution >= 0.6 is 0 Å². The summed E-state index contributed by atoms with van der Waals surface area (Å²) in [6.07, 6.45) is 2.02. The Morgan fingerprint density at radius 2 is 2.03 bits per heavy atom. The Kier molecular flexibility index (Phi) is 5.47. The number of carbonyl (C=O) groups is 1. The lowest BCUT2D eigenvalue weighted by Crippen LogP contribution is -2.33. The van der Waals surface area contributed by atoms with E-state index in [0.29, 0.717) is 10.7 Å². The molecular weight excluding hydrogens is 418 g/mol. The molecule has 168 valence electrons. The monoisotopic (exact) mass is 447 g/mol. The van der Waals surface area contributed by atoms with E-state index in [9.17, 15) is 13.2 Å². The van der Waals surface area contributed by atoms with E-state index >= 15 is 0 Å². The molecule has 1 aliphatic carbocycles. The molecule has 0 spiro atoms. The third-order valence-electron chi connectivity index (χ3n) is 5.71. The Hall–Kier alpha value is -2.59. The smallest absolute Gasteiger partial charge is 0.407 e. The van der Waals surface area contributed by atoms with Gasteiger partial charge in [0.05, 0.1) is 10.4 Å². The lowest BCUT2D eigenvalue weighted by atomic mass is 9.95. The summed E-state index contributed by atoms with van der Waals surface area (Å²) >= 11 is 0. The van der Waals surface area contributed by atoms with Crippen LogP contribution in [0.5, 0.6) is 0 Å².